The van der Waals surface area contributed by atoms with E-state index in [1.807, 2.05) is 32.0 Å². The molecule has 0 saturated carbocycles. The number of aromatic nitrogens is 2. The third kappa shape index (κ3) is 3.65. The number of amides is 1. The Morgan fingerprint density at radius 1 is 1.42 bits per heavy atom. The van der Waals surface area contributed by atoms with Crippen molar-refractivity contribution in [3.05, 3.63) is 57.0 Å². The summed E-state index contributed by atoms with van der Waals surface area (Å²) in [5.41, 5.74) is 3.90. The first-order valence-electron chi connectivity index (χ1n) is 7.90. The van der Waals surface area contributed by atoms with Crippen molar-refractivity contribution in [2.75, 3.05) is 7.11 Å². The summed E-state index contributed by atoms with van der Waals surface area (Å²) < 4.78 is 6.42. The van der Waals surface area contributed by atoms with Gasteiger partial charge in [0.1, 0.15) is 17.1 Å². The van der Waals surface area contributed by atoms with Crippen LogP contribution in [0.25, 0.3) is 10.2 Å². The highest BCUT2D eigenvalue weighted by molar-refractivity contribution is 7.18. The summed E-state index contributed by atoms with van der Waals surface area (Å²) in [5.74, 6) is 0.296. The minimum absolute atomic E-state index is 0.147. The summed E-state index contributed by atoms with van der Waals surface area (Å²) in [5, 5.41) is 4.48. The van der Waals surface area contributed by atoms with Gasteiger partial charge in [-0.05, 0) is 37.1 Å². The van der Waals surface area contributed by atoms with Crippen LogP contribution in [0.5, 0.6) is 5.75 Å². The maximum atomic E-state index is 12.6. The molecule has 0 aliphatic heterocycles. The first-order valence-corrected chi connectivity index (χ1v) is 8.72. The highest BCUT2D eigenvalue weighted by atomic mass is 32.1. The van der Waals surface area contributed by atoms with Gasteiger partial charge in [0, 0.05) is 4.88 Å². The number of fused-ring (bicyclic) bond motifs is 1. The van der Waals surface area contributed by atoms with Gasteiger partial charge in [0.15, 0.2) is 0 Å². The highest BCUT2D eigenvalue weighted by Gasteiger charge is 2.13. The van der Waals surface area contributed by atoms with Gasteiger partial charge in [-0.25, -0.2) is 10.4 Å². The van der Waals surface area contributed by atoms with E-state index in [-0.39, 0.29) is 12.1 Å². The summed E-state index contributed by atoms with van der Waals surface area (Å²) in [6.45, 7) is 3.69. The Balaban J connectivity index is 1.71. The summed E-state index contributed by atoms with van der Waals surface area (Å²) >= 11 is 1.48. The zero-order chi connectivity index (χ0) is 18.7. The fourth-order valence-electron chi connectivity index (χ4n) is 2.47. The second kappa shape index (κ2) is 7.49. The molecule has 26 heavy (non-hydrogen) atoms. The third-order valence-corrected chi connectivity index (χ3v) is 5.08. The van der Waals surface area contributed by atoms with Crippen LogP contribution in [0.1, 0.15) is 16.0 Å². The molecular weight excluding hydrogens is 352 g/mol. The summed E-state index contributed by atoms with van der Waals surface area (Å²) in [4.78, 5) is 30.6. The van der Waals surface area contributed by atoms with E-state index < -0.39 is 5.91 Å². The van der Waals surface area contributed by atoms with Gasteiger partial charge in [-0.15, -0.1) is 11.3 Å². The lowest BCUT2D eigenvalue weighted by atomic mass is 10.2. The number of rotatable bonds is 5. The lowest BCUT2D eigenvalue weighted by Gasteiger charge is -2.04. The molecule has 0 fully saturated rings. The van der Waals surface area contributed by atoms with Crippen molar-refractivity contribution in [1.29, 1.82) is 0 Å². The van der Waals surface area contributed by atoms with Crippen LogP contribution in [-0.4, -0.2) is 28.8 Å². The number of nitrogens with one attached hydrogen (secondary N) is 1. The maximum Gasteiger partial charge on any atom is 0.262 e. The molecule has 7 nitrogen and oxygen atoms in total. The number of carbonyl (C=O) groups excluding carboxylic acids is 1. The number of carbonyl (C=O) groups is 1. The van der Waals surface area contributed by atoms with Gasteiger partial charge in [-0.2, -0.15) is 5.10 Å². The number of ether oxygens (including phenoxy) is 1. The Hall–Kier alpha value is -3.00. The zero-order valence-corrected chi connectivity index (χ0v) is 15.5. The van der Waals surface area contributed by atoms with Crippen LogP contribution >= 0.6 is 11.3 Å². The van der Waals surface area contributed by atoms with Gasteiger partial charge < -0.3 is 4.74 Å². The molecule has 0 aliphatic rings. The van der Waals surface area contributed by atoms with E-state index in [4.69, 9.17) is 4.74 Å². The molecule has 134 valence electrons. The van der Waals surface area contributed by atoms with Gasteiger partial charge in [-0.3, -0.25) is 14.2 Å². The van der Waals surface area contributed by atoms with Crippen molar-refractivity contribution in [2.45, 2.75) is 20.4 Å². The average molecular weight is 370 g/mol. The first kappa shape index (κ1) is 17.8. The molecule has 0 radical (unpaired) electrons. The van der Waals surface area contributed by atoms with Gasteiger partial charge in [0.25, 0.3) is 11.5 Å². The molecule has 3 aromatic rings. The van der Waals surface area contributed by atoms with Crippen LogP contribution in [0.15, 0.2) is 40.5 Å². The standard InChI is InChI=1S/C18H18N4O3S/c1-11-12(2)26-17-16(11)18(24)22(10-19-17)9-15(23)21-20-8-13-5-4-6-14(7-13)25-3/h4-8,10H,9H2,1-3H3,(H,21,23)/b20-8-. The van der Waals surface area contributed by atoms with E-state index in [0.717, 1.165) is 16.0 Å². The molecule has 8 heteroatoms. The Labute approximate surface area is 154 Å². The largest absolute Gasteiger partial charge is 0.497 e. The average Bonchev–Trinajstić information content (AvgIpc) is 2.92. The molecule has 1 aromatic carbocycles. The molecule has 0 aliphatic carbocycles. The van der Waals surface area contributed by atoms with Gasteiger partial charge in [0.2, 0.25) is 0 Å². The van der Waals surface area contributed by atoms with E-state index in [1.165, 1.54) is 28.4 Å². The number of hydrogen-bond acceptors (Lipinski definition) is 6. The Morgan fingerprint density at radius 3 is 3.00 bits per heavy atom. The minimum Gasteiger partial charge on any atom is -0.497 e. The number of thiophene rings is 1. The topological polar surface area (TPSA) is 85.6 Å². The van der Waals surface area contributed by atoms with Crippen LogP contribution in [-0.2, 0) is 11.3 Å². The van der Waals surface area contributed by atoms with Crippen molar-refractivity contribution in [3.63, 3.8) is 0 Å². The SMILES string of the molecule is COc1cccc(/C=N\NC(=O)Cn2cnc3sc(C)c(C)c3c2=O)c1. The highest BCUT2D eigenvalue weighted by Crippen LogP contribution is 2.25. The number of aryl methyl sites for hydroxylation is 2. The maximum absolute atomic E-state index is 12.6. The zero-order valence-electron chi connectivity index (χ0n) is 14.6. The van der Waals surface area contributed by atoms with Crippen molar-refractivity contribution in [1.82, 2.24) is 15.0 Å². The molecule has 2 aromatic heterocycles. The van der Waals surface area contributed by atoms with Crippen molar-refractivity contribution < 1.29 is 9.53 Å². The first-order chi connectivity index (χ1) is 12.5. The minimum atomic E-state index is -0.406. The van der Waals surface area contributed by atoms with Gasteiger partial charge in [0.05, 0.1) is 25.0 Å². The van der Waals surface area contributed by atoms with Crippen molar-refractivity contribution in [2.24, 2.45) is 5.10 Å². The molecule has 0 atom stereocenters. The number of benzene rings is 1. The Kier molecular flexibility index (Phi) is 5.13. The predicted molar refractivity (Wildman–Crippen MR) is 102 cm³/mol. The fraction of sp³-hybridized carbons (Fsp3) is 0.222. The molecular formula is C18H18N4O3S. The van der Waals surface area contributed by atoms with Crippen LogP contribution < -0.4 is 15.7 Å². The number of hydrazone groups is 1. The van der Waals surface area contributed by atoms with Crippen LogP contribution in [0.3, 0.4) is 0 Å². The molecule has 2 heterocycles. The number of hydrogen-bond donors (Lipinski definition) is 1. The van der Waals surface area contributed by atoms with Gasteiger partial charge in [-0.1, -0.05) is 12.1 Å². The third-order valence-electron chi connectivity index (χ3n) is 3.97. The molecule has 0 bridgehead atoms. The second-order valence-electron chi connectivity index (χ2n) is 5.71. The number of nitrogens with zero attached hydrogens (tertiary/aromatic N) is 3. The van der Waals surface area contributed by atoms with E-state index in [0.29, 0.717) is 16.0 Å². The molecule has 0 spiro atoms. The quantitative estimate of drug-likeness (QED) is 0.551. The lowest BCUT2D eigenvalue weighted by molar-refractivity contribution is -0.121. The van der Waals surface area contributed by atoms with Crippen LogP contribution in [0, 0.1) is 13.8 Å². The van der Waals surface area contributed by atoms with E-state index in [9.17, 15) is 9.59 Å². The van der Waals surface area contributed by atoms with E-state index in [2.05, 4.69) is 15.5 Å². The molecule has 0 unspecified atom stereocenters. The van der Waals surface area contributed by atoms with Crippen LogP contribution in [0.4, 0.5) is 0 Å². The van der Waals surface area contributed by atoms with E-state index in [1.54, 1.807) is 13.2 Å². The second-order valence-corrected chi connectivity index (χ2v) is 6.91. The molecule has 1 N–H and O–H groups in total. The Bertz CT molecular complexity index is 1050. The summed E-state index contributed by atoms with van der Waals surface area (Å²) in [7, 11) is 1.58. The van der Waals surface area contributed by atoms with Gasteiger partial charge >= 0.3 is 0 Å². The normalized spacial score (nSPS) is 11.2. The number of methoxy groups -OCH3 is 1. The lowest BCUT2D eigenvalue weighted by Crippen LogP contribution is -2.30. The summed E-state index contributed by atoms with van der Waals surface area (Å²) in [6.07, 6.45) is 2.91. The fourth-order valence-corrected chi connectivity index (χ4v) is 3.46. The Morgan fingerprint density at radius 2 is 2.23 bits per heavy atom. The van der Waals surface area contributed by atoms with Crippen molar-refractivity contribution >= 4 is 33.7 Å². The molecule has 0 saturated heterocycles. The van der Waals surface area contributed by atoms with E-state index >= 15 is 0 Å². The molecule has 3 rings (SSSR count). The molecule has 1 amide bonds. The smallest absolute Gasteiger partial charge is 0.262 e. The summed E-state index contributed by atoms with van der Waals surface area (Å²) in [6, 6.07) is 7.27. The van der Waals surface area contributed by atoms with Crippen LogP contribution in [0.2, 0.25) is 0 Å². The monoisotopic (exact) mass is 370 g/mol. The predicted octanol–water partition coefficient (Wildman–Crippen LogP) is 2.23. The van der Waals surface area contributed by atoms with Crippen molar-refractivity contribution in [3.8, 4) is 5.75 Å².